The molecule has 0 amide bonds. The Morgan fingerprint density at radius 3 is 2.24 bits per heavy atom. The fraction of sp³-hybridized carbons (Fsp3) is 0.600. The van der Waals surface area contributed by atoms with Crippen LogP contribution in [0.5, 0.6) is 5.75 Å². The van der Waals surface area contributed by atoms with Crippen molar-refractivity contribution in [1.29, 1.82) is 0 Å². The van der Waals surface area contributed by atoms with Crippen molar-refractivity contribution in [3.05, 3.63) is 29.8 Å². The molecule has 0 aromatic heterocycles. The second kappa shape index (κ2) is 9.52. The van der Waals surface area contributed by atoms with E-state index in [1.807, 2.05) is 0 Å². The Hall–Kier alpha value is -0.500. The van der Waals surface area contributed by atoms with E-state index in [-0.39, 0.29) is 0 Å². The van der Waals surface area contributed by atoms with Gasteiger partial charge in [0, 0.05) is 5.33 Å². The Balaban J connectivity index is 2.05. The van der Waals surface area contributed by atoms with Crippen LogP contribution in [-0.2, 0) is 6.42 Å². The number of benzene rings is 1. The smallest absolute Gasteiger partial charge is 0.119 e. The van der Waals surface area contributed by atoms with Crippen molar-refractivity contribution in [3.8, 4) is 5.75 Å². The fourth-order valence-corrected chi connectivity index (χ4v) is 2.13. The van der Waals surface area contributed by atoms with Crippen LogP contribution in [0, 0.1) is 0 Å². The predicted octanol–water partition coefficient (Wildman–Crippen LogP) is 4.97. The van der Waals surface area contributed by atoms with Crippen LogP contribution in [0.2, 0.25) is 0 Å². The van der Waals surface area contributed by atoms with Crippen molar-refractivity contribution in [3.63, 3.8) is 0 Å². The van der Waals surface area contributed by atoms with Crippen molar-refractivity contribution in [2.75, 3.05) is 11.9 Å². The van der Waals surface area contributed by atoms with E-state index in [9.17, 15) is 0 Å². The third-order valence-corrected chi connectivity index (χ3v) is 3.44. The van der Waals surface area contributed by atoms with Crippen LogP contribution in [0.1, 0.15) is 44.6 Å². The van der Waals surface area contributed by atoms with Crippen molar-refractivity contribution >= 4 is 15.9 Å². The van der Waals surface area contributed by atoms with E-state index < -0.39 is 0 Å². The van der Waals surface area contributed by atoms with Crippen LogP contribution in [-0.4, -0.2) is 11.9 Å². The quantitative estimate of drug-likeness (QED) is 0.462. The molecule has 1 nitrogen and oxygen atoms in total. The van der Waals surface area contributed by atoms with E-state index in [0.29, 0.717) is 0 Å². The molecule has 96 valence electrons. The summed E-state index contributed by atoms with van der Waals surface area (Å²) in [7, 11) is 0. The van der Waals surface area contributed by atoms with Crippen molar-refractivity contribution in [1.82, 2.24) is 0 Å². The summed E-state index contributed by atoms with van der Waals surface area (Å²) in [6.45, 7) is 3.02. The number of rotatable bonds is 9. The summed E-state index contributed by atoms with van der Waals surface area (Å²) < 4.78 is 5.70. The molecule has 0 saturated carbocycles. The summed E-state index contributed by atoms with van der Waals surface area (Å²) in [4.78, 5) is 0. The maximum Gasteiger partial charge on any atom is 0.119 e. The van der Waals surface area contributed by atoms with Gasteiger partial charge in [-0.2, -0.15) is 0 Å². The second-order valence-electron chi connectivity index (χ2n) is 4.30. The highest BCUT2D eigenvalue weighted by Gasteiger charge is 1.95. The van der Waals surface area contributed by atoms with Crippen LogP contribution >= 0.6 is 15.9 Å². The molecule has 2 heteroatoms. The van der Waals surface area contributed by atoms with Crippen LogP contribution in [0.15, 0.2) is 24.3 Å². The van der Waals surface area contributed by atoms with Gasteiger partial charge in [-0.25, -0.2) is 0 Å². The van der Waals surface area contributed by atoms with Crippen LogP contribution in [0.4, 0.5) is 0 Å². The Labute approximate surface area is 114 Å². The van der Waals surface area contributed by atoms with Gasteiger partial charge >= 0.3 is 0 Å². The number of hydrogen-bond donors (Lipinski definition) is 0. The van der Waals surface area contributed by atoms with E-state index in [2.05, 4.69) is 47.1 Å². The molecule has 0 radical (unpaired) electrons. The van der Waals surface area contributed by atoms with Crippen LogP contribution in [0.25, 0.3) is 0 Å². The predicted molar refractivity (Wildman–Crippen MR) is 78.2 cm³/mol. The maximum absolute atomic E-state index is 5.70. The number of aryl methyl sites for hydroxylation is 1. The third kappa shape index (κ3) is 6.72. The standard InChI is InChI=1S/C15H23BrO/c1-2-14-8-10-15(11-9-14)17-13-7-5-3-4-6-12-16/h8-11H,2-7,12-13H2,1H3. The molecule has 0 aliphatic rings. The highest BCUT2D eigenvalue weighted by atomic mass is 79.9. The lowest BCUT2D eigenvalue weighted by Crippen LogP contribution is -1.97. The van der Waals surface area contributed by atoms with Gasteiger partial charge in [0.2, 0.25) is 0 Å². The Kier molecular flexibility index (Phi) is 8.16. The van der Waals surface area contributed by atoms with Gasteiger partial charge in [-0.15, -0.1) is 0 Å². The molecule has 1 aromatic rings. The average molecular weight is 299 g/mol. The Bertz CT molecular complexity index is 281. The number of halogens is 1. The molecular weight excluding hydrogens is 276 g/mol. The first kappa shape index (κ1) is 14.6. The first-order valence-electron chi connectivity index (χ1n) is 6.64. The van der Waals surface area contributed by atoms with Crippen molar-refractivity contribution in [2.45, 2.75) is 45.4 Å². The van der Waals surface area contributed by atoms with Gasteiger partial charge in [0.25, 0.3) is 0 Å². The van der Waals surface area contributed by atoms with Gasteiger partial charge in [0.15, 0.2) is 0 Å². The lowest BCUT2D eigenvalue weighted by atomic mass is 10.1. The lowest BCUT2D eigenvalue weighted by molar-refractivity contribution is 0.304. The maximum atomic E-state index is 5.70. The van der Waals surface area contributed by atoms with Gasteiger partial charge < -0.3 is 4.74 Å². The van der Waals surface area contributed by atoms with E-state index in [0.717, 1.165) is 30.5 Å². The summed E-state index contributed by atoms with van der Waals surface area (Å²) in [5.74, 6) is 1.00. The van der Waals surface area contributed by atoms with Crippen LogP contribution in [0.3, 0.4) is 0 Å². The third-order valence-electron chi connectivity index (χ3n) is 2.88. The van der Waals surface area contributed by atoms with E-state index in [1.54, 1.807) is 0 Å². The Morgan fingerprint density at radius 2 is 1.59 bits per heavy atom. The molecule has 0 unspecified atom stereocenters. The number of hydrogen-bond acceptors (Lipinski definition) is 1. The molecule has 0 N–H and O–H groups in total. The minimum Gasteiger partial charge on any atom is -0.494 e. The second-order valence-corrected chi connectivity index (χ2v) is 5.10. The SMILES string of the molecule is CCc1ccc(OCCCCCCCBr)cc1. The zero-order valence-corrected chi connectivity index (χ0v) is 12.3. The minimum absolute atomic E-state index is 0.847. The molecule has 0 saturated heterocycles. The zero-order chi connectivity index (χ0) is 12.3. The van der Waals surface area contributed by atoms with Gasteiger partial charge in [0.1, 0.15) is 5.75 Å². The van der Waals surface area contributed by atoms with E-state index in [1.165, 1.54) is 31.2 Å². The van der Waals surface area contributed by atoms with E-state index >= 15 is 0 Å². The normalized spacial score (nSPS) is 10.5. The van der Waals surface area contributed by atoms with Crippen molar-refractivity contribution in [2.24, 2.45) is 0 Å². The van der Waals surface area contributed by atoms with Gasteiger partial charge in [0.05, 0.1) is 6.61 Å². The summed E-state index contributed by atoms with van der Waals surface area (Å²) in [5.41, 5.74) is 1.37. The average Bonchev–Trinajstić information content (AvgIpc) is 2.38. The Morgan fingerprint density at radius 1 is 0.941 bits per heavy atom. The number of alkyl halides is 1. The topological polar surface area (TPSA) is 9.23 Å². The van der Waals surface area contributed by atoms with Gasteiger partial charge in [-0.3, -0.25) is 0 Å². The molecule has 17 heavy (non-hydrogen) atoms. The lowest BCUT2D eigenvalue weighted by Gasteiger charge is -2.06. The van der Waals surface area contributed by atoms with Crippen molar-refractivity contribution < 1.29 is 4.74 Å². The molecule has 0 aliphatic carbocycles. The molecular formula is C15H23BrO. The first-order chi connectivity index (χ1) is 8.36. The molecule has 0 heterocycles. The fourth-order valence-electron chi connectivity index (χ4n) is 1.74. The molecule has 0 bridgehead atoms. The monoisotopic (exact) mass is 298 g/mol. The first-order valence-corrected chi connectivity index (χ1v) is 7.76. The summed E-state index contributed by atoms with van der Waals surface area (Å²) in [6.07, 6.45) is 7.48. The summed E-state index contributed by atoms with van der Waals surface area (Å²) >= 11 is 3.45. The molecule has 0 aliphatic heterocycles. The molecule has 0 atom stereocenters. The molecule has 1 rings (SSSR count). The molecule has 1 aromatic carbocycles. The summed E-state index contributed by atoms with van der Waals surface area (Å²) in [6, 6.07) is 8.43. The zero-order valence-electron chi connectivity index (χ0n) is 10.8. The highest BCUT2D eigenvalue weighted by Crippen LogP contribution is 2.13. The summed E-state index contributed by atoms with van der Waals surface area (Å²) in [5, 5.41) is 1.13. The number of unbranched alkanes of at least 4 members (excludes halogenated alkanes) is 4. The molecule has 0 spiro atoms. The van der Waals surface area contributed by atoms with Crippen LogP contribution < -0.4 is 4.74 Å². The largest absolute Gasteiger partial charge is 0.494 e. The van der Waals surface area contributed by atoms with Gasteiger partial charge in [-0.05, 0) is 37.0 Å². The van der Waals surface area contributed by atoms with E-state index in [4.69, 9.17) is 4.74 Å². The van der Waals surface area contributed by atoms with Gasteiger partial charge in [-0.1, -0.05) is 54.2 Å². The number of ether oxygens (including phenoxy) is 1. The molecule has 0 fully saturated rings. The minimum atomic E-state index is 0.847. The highest BCUT2D eigenvalue weighted by molar-refractivity contribution is 9.09.